The van der Waals surface area contributed by atoms with E-state index in [9.17, 15) is 0 Å². The predicted molar refractivity (Wildman–Crippen MR) is 61.9 cm³/mol. The zero-order valence-electron chi connectivity index (χ0n) is 7.49. The van der Waals surface area contributed by atoms with Gasteiger partial charge in [0.25, 0.3) is 0 Å². The van der Waals surface area contributed by atoms with Gasteiger partial charge in [0, 0.05) is 10.6 Å². The van der Waals surface area contributed by atoms with Crippen molar-refractivity contribution in [2.24, 2.45) is 4.99 Å². The van der Waals surface area contributed by atoms with Crippen molar-refractivity contribution in [1.82, 2.24) is 0 Å². The SMILES string of the molecule is CCC1CN=C(Nc2ccsc2)S1. The first-order valence-corrected chi connectivity index (χ1v) is 6.21. The molecule has 0 saturated heterocycles. The third-order valence-electron chi connectivity index (χ3n) is 1.94. The third kappa shape index (κ3) is 2.25. The van der Waals surface area contributed by atoms with Gasteiger partial charge in [0.15, 0.2) is 5.17 Å². The van der Waals surface area contributed by atoms with Crippen LogP contribution >= 0.6 is 23.1 Å². The number of anilines is 1. The third-order valence-corrected chi connectivity index (χ3v) is 3.90. The molecule has 0 aromatic carbocycles. The minimum Gasteiger partial charge on any atom is -0.334 e. The van der Waals surface area contributed by atoms with Gasteiger partial charge in [-0.25, -0.2) is 0 Å². The molecule has 0 bridgehead atoms. The van der Waals surface area contributed by atoms with Crippen LogP contribution in [-0.4, -0.2) is 17.0 Å². The Morgan fingerprint density at radius 1 is 1.69 bits per heavy atom. The van der Waals surface area contributed by atoms with Crippen LogP contribution in [0.25, 0.3) is 0 Å². The molecule has 0 radical (unpaired) electrons. The van der Waals surface area contributed by atoms with Crippen LogP contribution < -0.4 is 5.32 Å². The lowest BCUT2D eigenvalue weighted by Crippen LogP contribution is -2.05. The lowest BCUT2D eigenvalue weighted by molar-refractivity contribution is 0.844. The molecule has 1 N–H and O–H groups in total. The number of thiophene rings is 1. The molecule has 2 heterocycles. The fraction of sp³-hybridized carbons (Fsp3) is 0.444. The van der Waals surface area contributed by atoms with Gasteiger partial charge in [-0.05, 0) is 17.9 Å². The summed E-state index contributed by atoms with van der Waals surface area (Å²) in [7, 11) is 0. The fourth-order valence-corrected chi connectivity index (χ4v) is 2.70. The summed E-state index contributed by atoms with van der Waals surface area (Å²) in [4.78, 5) is 4.44. The van der Waals surface area contributed by atoms with Crippen molar-refractivity contribution in [3.8, 4) is 0 Å². The smallest absolute Gasteiger partial charge is 0.161 e. The van der Waals surface area contributed by atoms with Gasteiger partial charge >= 0.3 is 0 Å². The maximum Gasteiger partial charge on any atom is 0.161 e. The number of nitrogens with one attached hydrogen (secondary N) is 1. The van der Waals surface area contributed by atoms with E-state index in [0.717, 1.165) is 17.4 Å². The molecule has 1 aliphatic rings. The van der Waals surface area contributed by atoms with Gasteiger partial charge in [0.05, 0.1) is 12.2 Å². The monoisotopic (exact) mass is 212 g/mol. The first-order chi connectivity index (χ1) is 6.38. The molecule has 1 aromatic rings. The second kappa shape index (κ2) is 4.15. The van der Waals surface area contributed by atoms with Crippen LogP contribution in [0.1, 0.15) is 13.3 Å². The molecule has 0 amide bonds. The van der Waals surface area contributed by atoms with E-state index in [4.69, 9.17) is 0 Å². The Kier molecular flexibility index (Phi) is 2.90. The van der Waals surface area contributed by atoms with Crippen LogP contribution in [0.2, 0.25) is 0 Å². The standard InChI is InChI=1S/C9H12N2S2/c1-2-8-5-10-9(13-8)11-7-3-4-12-6-7/h3-4,6,8H,2,5H2,1H3,(H,10,11). The number of rotatable bonds is 2. The van der Waals surface area contributed by atoms with E-state index in [2.05, 4.69) is 34.1 Å². The molecule has 2 nitrogen and oxygen atoms in total. The normalized spacial score (nSPS) is 21.6. The minimum absolute atomic E-state index is 0.682. The quantitative estimate of drug-likeness (QED) is 0.815. The van der Waals surface area contributed by atoms with E-state index in [1.807, 2.05) is 11.8 Å². The molecule has 1 atom stereocenters. The van der Waals surface area contributed by atoms with Crippen molar-refractivity contribution >= 4 is 34.0 Å². The molecule has 1 aliphatic heterocycles. The number of hydrogen-bond donors (Lipinski definition) is 1. The van der Waals surface area contributed by atoms with E-state index in [1.54, 1.807) is 11.3 Å². The van der Waals surface area contributed by atoms with Gasteiger partial charge in [-0.1, -0.05) is 18.7 Å². The van der Waals surface area contributed by atoms with Gasteiger partial charge in [-0.2, -0.15) is 11.3 Å². The van der Waals surface area contributed by atoms with E-state index >= 15 is 0 Å². The highest BCUT2D eigenvalue weighted by Gasteiger charge is 2.17. The zero-order chi connectivity index (χ0) is 9.10. The largest absolute Gasteiger partial charge is 0.334 e. The Bertz CT molecular complexity index is 293. The van der Waals surface area contributed by atoms with Crippen LogP contribution in [-0.2, 0) is 0 Å². The van der Waals surface area contributed by atoms with Crippen molar-refractivity contribution in [3.63, 3.8) is 0 Å². The first kappa shape index (κ1) is 9.09. The number of nitrogens with zero attached hydrogens (tertiary/aromatic N) is 1. The second-order valence-electron chi connectivity index (χ2n) is 2.93. The molecule has 13 heavy (non-hydrogen) atoms. The molecular weight excluding hydrogens is 200 g/mol. The number of hydrogen-bond acceptors (Lipinski definition) is 4. The van der Waals surface area contributed by atoms with Gasteiger partial charge in [0.1, 0.15) is 0 Å². The lowest BCUT2D eigenvalue weighted by Gasteiger charge is -2.04. The van der Waals surface area contributed by atoms with Crippen LogP contribution in [0.15, 0.2) is 21.8 Å². The van der Waals surface area contributed by atoms with E-state index < -0.39 is 0 Å². The molecule has 1 aromatic heterocycles. The van der Waals surface area contributed by atoms with E-state index in [0.29, 0.717) is 5.25 Å². The Balaban J connectivity index is 1.91. The average molecular weight is 212 g/mol. The van der Waals surface area contributed by atoms with Gasteiger partial charge < -0.3 is 5.32 Å². The Labute approximate surface area is 86.5 Å². The van der Waals surface area contributed by atoms with Crippen molar-refractivity contribution < 1.29 is 0 Å². The van der Waals surface area contributed by atoms with Crippen LogP contribution in [0.5, 0.6) is 0 Å². The number of thioether (sulfide) groups is 1. The topological polar surface area (TPSA) is 24.4 Å². The van der Waals surface area contributed by atoms with Crippen molar-refractivity contribution in [3.05, 3.63) is 16.8 Å². The molecule has 0 spiro atoms. The molecule has 2 rings (SSSR count). The zero-order valence-corrected chi connectivity index (χ0v) is 9.12. The maximum atomic E-state index is 4.44. The van der Waals surface area contributed by atoms with Gasteiger partial charge in [0.2, 0.25) is 0 Å². The number of amidine groups is 1. The van der Waals surface area contributed by atoms with Crippen LogP contribution in [0.4, 0.5) is 5.69 Å². The van der Waals surface area contributed by atoms with Crippen molar-refractivity contribution in [2.75, 3.05) is 11.9 Å². The molecule has 70 valence electrons. The predicted octanol–water partition coefficient (Wildman–Crippen LogP) is 3.04. The van der Waals surface area contributed by atoms with E-state index in [-0.39, 0.29) is 0 Å². The summed E-state index contributed by atoms with van der Waals surface area (Å²) in [6.07, 6.45) is 1.20. The van der Waals surface area contributed by atoms with Crippen LogP contribution in [0, 0.1) is 0 Å². The molecule has 0 fully saturated rings. The summed E-state index contributed by atoms with van der Waals surface area (Å²) in [6, 6.07) is 2.08. The Morgan fingerprint density at radius 3 is 3.23 bits per heavy atom. The molecule has 0 aliphatic carbocycles. The highest BCUT2D eigenvalue weighted by molar-refractivity contribution is 8.15. The highest BCUT2D eigenvalue weighted by atomic mass is 32.2. The fourth-order valence-electron chi connectivity index (χ4n) is 1.16. The summed E-state index contributed by atoms with van der Waals surface area (Å²) in [5.41, 5.74) is 1.16. The summed E-state index contributed by atoms with van der Waals surface area (Å²) in [6.45, 7) is 3.17. The molecule has 1 unspecified atom stereocenters. The Morgan fingerprint density at radius 2 is 2.62 bits per heavy atom. The number of aliphatic imine (C=N–C) groups is 1. The highest BCUT2D eigenvalue weighted by Crippen LogP contribution is 2.25. The summed E-state index contributed by atoms with van der Waals surface area (Å²) in [5, 5.41) is 9.23. The van der Waals surface area contributed by atoms with Gasteiger partial charge in [-0.3, -0.25) is 4.99 Å². The minimum atomic E-state index is 0.682. The average Bonchev–Trinajstić information content (AvgIpc) is 2.76. The molecule has 0 saturated carbocycles. The van der Waals surface area contributed by atoms with Crippen molar-refractivity contribution in [2.45, 2.75) is 18.6 Å². The summed E-state index contributed by atoms with van der Waals surface area (Å²) >= 11 is 3.56. The maximum absolute atomic E-state index is 4.44. The Hall–Kier alpha value is -0.480. The second-order valence-corrected chi connectivity index (χ2v) is 5.00. The molecule has 4 heteroatoms. The summed E-state index contributed by atoms with van der Waals surface area (Å²) in [5.74, 6) is 0. The first-order valence-electron chi connectivity index (χ1n) is 4.39. The van der Waals surface area contributed by atoms with Crippen molar-refractivity contribution in [1.29, 1.82) is 0 Å². The summed E-state index contributed by atoms with van der Waals surface area (Å²) < 4.78 is 0. The lowest BCUT2D eigenvalue weighted by atomic mass is 10.3. The van der Waals surface area contributed by atoms with E-state index in [1.165, 1.54) is 6.42 Å². The van der Waals surface area contributed by atoms with Crippen LogP contribution in [0.3, 0.4) is 0 Å². The molecular formula is C9H12N2S2. The van der Waals surface area contributed by atoms with Gasteiger partial charge in [-0.15, -0.1) is 0 Å².